The summed E-state index contributed by atoms with van der Waals surface area (Å²) < 4.78 is 0. The first kappa shape index (κ1) is 22.6. The summed E-state index contributed by atoms with van der Waals surface area (Å²) in [6, 6.07) is 15.2. The molecule has 0 unspecified atom stereocenters. The van der Waals surface area contributed by atoms with E-state index in [0.29, 0.717) is 6.04 Å². The van der Waals surface area contributed by atoms with Gasteiger partial charge in [-0.25, -0.2) is 0 Å². The van der Waals surface area contributed by atoms with Crippen molar-refractivity contribution >= 4 is 29.9 Å². The Balaban J connectivity index is 0.00000280. The number of aryl methyl sites for hydroxylation is 1. The molecular weight excluding hydrogens is 461 g/mol. The van der Waals surface area contributed by atoms with Crippen molar-refractivity contribution in [3.8, 4) is 0 Å². The maximum Gasteiger partial charge on any atom is 0.191 e. The number of hydrogen-bond acceptors (Lipinski definition) is 3. The summed E-state index contributed by atoms with van der Waals surface area (Å²) in [5.41, 5.74) is 3.88. The number of nitrogens with one attached hydrogen (secondary N) is 2. The van der Waals surface area contributed by atoms with Crippen LogP contribution in [-0.2, 0) is 19.5 Å². The number of rotatable bonds is 6. The second-order valence-corrected chi connectivity index (χ2v) is 7.06. The highest BCUT2D eigenvalue weighted by Crippen LogP contribution is 2.13. The van der Waals surface area contributed by atoms with E-state index < -0.39 is 0 Å². The van der Waals surface area contributed by atoms with Gasteiger partial charge in [-0.15, -0.1) is 24.0 Å². The number of benzene rings is 1. The molecule has 2 aromatic rings. The molecule has 1 aromatic heterocycles. The predicted octanol–water partition coefficient (Wildman–Crippen LogP) is 3.59. The van der Waals surface area contributed by atoms with Gasteiger partial charge in [-0.1, -0.05) is 37.3 Å². The maximum absolute atomic E-state index is 4.43. The third-order valence-corrected chi connectivity index (χ3v) is 5.21. The first-order valence-electron chi connectivity index (χ1n) is 9.94. The molecule has 2 heterocycles. The van der Waals surface area contributed by atoms with Crippen molar-refractivity contribution in [1.29, 1.82) is 0 Å². The Morgan fingerprint density at radius 1 is 1.11 bits per heavy atom. The van der Waals surface area contributed by atoms with Crippen molar-refractivity contribution in [3.05, 3.63) is 65.5 Å². The van der Waals surface area contributed by atoms with Crippen LogP contribution in [0.3, 0.4) is 0 Å². The van der Waals surface area contributed by atoms with E-state index in [-0.39, 0.29) is 24.0 Å². The van der Waals surface area contributed by atoms with Crippen molar-refractivity contribution in [1.82, 2.24) is 20.5 Å². The highest BCUT2D eigenvalue weighted by atomic mass is 127. The van der Waals surface area contributed by atoms with Crippen LogP contribution >= 0.6 is 24.0 Å². The third kappa shape index (κ3) is 6.74. The fourth-order valence-electron chi connectivity index (χ4n) is 3.60. The van der Waals surface area contributed by atoms with E-state index in [1.165, 1.54) is 11.1 Å². The second-order valence-electron chi connectivity index (χ2n) is 7.06. The lowest BCUT2D eigenvalue weighted by Gasteiger charge is -2.32. The van der Waals surface area contributed by atoms with Gasteiger partial charge in [0.05, 0.1) is 5.69 Å². The van der Waals surface area contributed by atoms with Gasteiger partial charge >= 0.3 is 0 Å². The maximum atomic E-state index is 4.43. The minimum atomic E-state index is 0. The van der Waals surface area contributed by atoms with Crippen LogP contribution in [0, 0.1) is 0 Å². The van der Waals surface area contributed by atoms with Crippen LogP contribution in [0.15, 0.2) is 53.7 Å². The third-order valence-electron chi connectivity index (χ3n) is 5.21. The number of piperidine rings is 1. The van der Waals surface area contributed by atoms with E-state index in [4.69, 9.17) is 0 Å². The smallest absolute Gasteiger partial charge is 0.191 e. The normalized spacial score (nSPS) is 15.7. The van der Waals surface area contributed by atoms with E-state index >= 15 is 0 Å². The molecule has 2 N–H and O–H groups in total. The lowest BCUT2D eigenvalue weighted by Crippen LogP contribution is -2.48. The molecule has 0 saturated carbocycles. The minimum absolute atomic E-state index is 0. The second kappa shape index (κ2) is 12.0. The summed E-state index contributed by atoms with van der Waals surface area (Å²) in [5, 5.41) is 7.07. The van der Waals surface area contributed by atoms with Crippen LogP contribution in [0.25, 0.3) is 0 Å². The van der Waals surface area contributed by atoms with Crippen LogP contribution < -0.4 is 10.6 Å². The Bertz CT molecular complexity index is 727. The van der Waals surface area contributed by atoms with Crippen LogP contribution in [0.2, 0.25) is 0 Å². The first-order chi connectivity index (χ1) is 13.3. The number of aromatic nitrogens is 1. The van der Waals surface area contributed by atoms with Crippen molar-refractivity contribution in [2.75, 3.05) is 20.1 Å². The number of guanidine groups is 1. The van der Waals surface area contributed by atoms with Gasteiger partial charge in [0.2, 0.25) is 0 Å². The Kier molecular flexibility index (Phi) is 9.70. The summed E-state index contributed by atoms with van der Waals surface area (Å²) in [6.07, 6.45) is 5.17. The molecule has 1 aliphatic rings. The lowest BCUT2D eigenvalue weighted by molar-refractivity contribution is 0.196. The highest BCUT2D eigenvalue weighted by Gasteiger charge is 2.20. The van der Waals surface area contributed by atoms with Gasteiger partial charge in [-0.2, -0.15) is 0 Å². The average molecular weight is 493 g/mol. The number of likely N-dealkylation sites (tertiary alicyclic amines) is 1. The Labute approximate surface area is 186 Å². The molecule has 1 aromatic carbocycles. The van der Waals surface area contributed by atoms with E-state index in [1.54, 1.807) is 0 Å². The molecule has 0 amide bonds. The first-order valence-corrected chi connectivity index (χ1v) is 9.94. The van der Waals surface area contributed by atoms with Crippen molar-refractivity contribution in [2.45, 2.75) is 45.3 Å². The molecule has 0 spiro atoms. The number of pyridine rings is 1. The minimum Gasteiger partial charge on any atom is -0.354 e. The van der Waals surface area contributed by atoms with Gasteiger partial charge in [0.1, 0.15) is 0 Å². The van der Waals surface area contributed by atoms with Crippen molar-refractivity contribution in [2.24, 2.45) is 4.99 Å². The molecule has 0 aliphatic carbocycles. The van der Waals surface area contributed by atoms with Crippen molar-refractivity contribution in [3.63, 3.8) is 0 Å². The molecule has 3 rings (SSSR count). The summed E-state index contributed by atoms with van der Waals surface area (Å²) >= 11 is 0. The van der Waals surface area contributed by atoms with Crippen molar-refractivity contribution < 1.29 is 0 Å². The molecule has 5 nitrogen and oxygen atoms in total. The van der Waals surface area contributed by atoms with Crippen LogP contribution in [-0.4, -0.2) is 42.0 Å². The van der Waals surface area contributed by atoms with Gasteiger partial charge in [-0.05, 0) is 42.5 Å². The molecular formula is C22H32IN5. The molecule has 1 aliphatic heterocycles. The number of nitrogens with zero attached hydrogens (tertiary/aromatic N) is 3. The summed E-state index contributed by atoms with van der Waals surface area (Å²) in [4.78, 5) is 11.3. The molecule has 28 heavy (non-hydrogen) atoms. The van der Waals surface area contributed by atoms with Crippen LogP contribution in [0.4, 0.5) is 0 Å². The van der Waals surface area contributed by atoms with Gasteiger partial charge in [0.25, 0.3) is 0 Å². The van der Waals surface area contributed by atoms with E-state index in [9.17, 15) is 0 Å². The zero-order valence-corrected chi connectivity index (χ0v) is 19.2. The number of hydrogen-bond donors (Lipinski definition) is 2. The molecule has 152 valence electrons. The highest BCUT2D eigenvalue weighted by molar-refractivity contribution is 14.0. The van der Waals surface area contributed by atoms with E-state index in [1.807, 2.05) is 19.3 Å². The largest absolute Gasteiger partial charge is 0.354 e. The average Bonchev–Trinajstić information content (AvgIpc) is 2.73. The quantitative estimate of drug-likeness (QED) is 0.367. The number of halogens is 1. The van der Waals surface area contributed by atoms with Gasteiger partial charge < -0.3 is 10.6 Å². The fraction of sp³-hybridized carbons (Fsp3) is 0.455. The lowest BCUT2D eigenvalue weighted by atomic mass is 10.0. The molecule has 1 saturated heterocycles. The summed E-state index contributed by atoms with van der Waals surface area (Å²) in [5.74, 6) is 0.893. The van der Waals surface area contributed by atoms with Gasteiger partial charge in [0, 0.05) is 45.5 Å². The fourth-order valence-corrected chi connectivity index (χ4v) is 3.60. The standard InChI is InChI=1S/C22H31N5.HI/c1-3-18-8-4-5-9-19(18)16-25-22(23-2)26-20-11-14-27(15-12-20)17-21-10-6-7-13-24-21;/h4-10,13,20H,3,11-12,14-17H2,1-2H3,(H2,23,25,26);1H. The topological polar surface area (TPSA) is 52.6 Å². The zero-order chi connectivity index (χ0) is 18.9. The summed E-state index contributed by atoms with van der Waals surface area (Å²) in [6.45, 7) is 6.12. The number of aliphatic imine (C=N–C) groups is 1. The van der Waals surface area contributed by atoms with Crippen LogP contribution in [0.1, 0.15) is 36.6 Å². The predicted molar refractivity (Wildman–Crippen MR) is 127 cm³/mol. The monoisotopic (exact) mass is 493 g/mol. The van der Waals surface area contributed by atoms with E-state index in [2.05, 4.69) is 68.8 Å². The van der Waals surface area contributed by atoms with E-state index in [0.717, 1.165) is 57.1 Å². The zero-order valence-electron chi connectivity index (χ0n) is 16.9. The molecule has 1 fully saturated rings. The van der Waals surface area contributed by atoms with Gasteiger partial charge in [0.15, 0.2) is 5.96 Å². The Hall–Kier alpha value is -1.67. The molecule has 0 bridgehead atoms. The van der Waals surface area contributed by atoms with Crippen LogP contribution in [0.5, 0.6) is 0 Å². The molecule has 0 radical (unpaired) electrons. The van der Waals surface area contributed by atoms with Gasteiger partial charge in [-0.3, -0.25) is 14.9 Å². The summed E-state index contributed by atoms with van der Waals surface area (Å²) in [7, 11) is 1.84. The Morgan fingerprint density at radius 2 is 1.82 bits per heavy atom. The molecule has 6 heteroatoms. The molecule has 0 atom stereocenters. The Morgan fingerprint density at radius 3 is 2.46 bits per heavy atom. The SMILES string of the molecule is CCc1ccccc1CNC(=NC)NC1CCN(Cc2ccccn2)CC1.I.